The van der Waals surface area contributed by atoms with Gasteiger partial charge in [0.1, 0.15) is 0 Å². The number of sulfone groups is 1. The summed E-state index contributed by atoms with van der Waals surface area (Å²) >= 11 is 1.78. The monoisotopic (exact) mass is 288 g/mol. The molecule has 1 aliphatic carbocycles. The highest BCUT2D eigenvalue weighted by molar-refractivity contribution is 8.14. The molecule has 3 fully saturated rings. The Labute approximate surface area is 113 Å². The van der Waals surface area contributed by atoms with E-state index in [1.54, 1.807) is 11.8 Å². The third-order valence-electron chi connectivity index (χ3n) is 4.16. The first kappa shape index (κ1) is 12.8. The van der Waals surface area contributed by atoms with E-state index >= 15 is 0 Å². The van der Waals surface area contributed by atoms with E-state index in [9.17, 15) is 8.42 Å². The number of nitrogens with one attached hydrogen (secondary N) is 1. The van der Waals surface area contributed by atoms with Gasteiger partial charge in [0.25, 0.3) is 0 Å². The summed E-state index contributed by atoms with van der Waals surface area (Å²) in [6.07, 6.45) is 6.76. The fourth-order valence-electron chi connectivity index (χ4n) is 3.16. The smallest absolute Gasteiger partial charge is 0.157 e. The first-order valence-corrected chi connectivity index (χ1v) is 9.57. The van der Waals surface area contributed by atoms with Gasteiger partial charge in [-0.1, -0.05) is 24.6 Å². The van der Waals surface area contributed by atoms with Crippen LogP contribution in [0.5, 0.6) is 0 Å². The van der Waals surface area contributed by atoms with Crippen LogP contribution in [0.3, 0.4) is 0 Å². The zero-order valence-corrected chi connectivity index (χ0v) is 12.2. The van der Waals surface area contributed by atoms with Gasteiger partial charge in [-0.2, -0.15) is 0 Å². The third-order valence-corrected chi connectivity index (χ3v) is 7.14. The van der Waals surface area contributed by atoms with Crippen molar-refractivity contribution in [2.24, 2.45) is 4.99 Å². The van der Waals surface area contributed by atoms with Crippen LogP contribution in [0.2, 0.25) is 0 Å². The van der Waals surface area contributed by atoms with Crippen molar-refractivity contribution in [2.45, 2.75) is 50.1 Å². The highest BCUT2D eigenvalue weighted by Gasteiger charge is 2.40. The molecule has 1 atom stereocenters. The fraction of sp³-hybridized carbons (Fsp3) is 0.917. The Morgan fingerprint density at radius 2 is 2.06 bits per heavy atom. The van der Waals surface area contributed by atoms with E-state index in [4.69, 9.17) is 0 Å². The number of nitrogens with zero attached hydrogens (tertiary/aromatic N) is 1. The standard InChI is InChI=1S/C12H20N2O2S2/c15-18(16)7-3-4-10(8-18)13-11-14-12(9-17-11)5-1-2-6-12/h10H,1-9H2,(H,13,14). The van der Waals surface area contributed by atoms with Gasteiger partial charge in [0, 0.05) is 11.3 Å². The van der Waals surface area contributed by atoms with Gasteiger partial charge in [0.2, 0.25) is 0 Å². The maximum absolute atomic E-state index is 11.6. The number of amidine groups is 1. The van der Waals surface area contributed by atoms with Gasteiger partial charge in [0.05, 0.1) is 17.5 Å². The first-order chi connectivity index (χ1) is 8.57. The van der Waals surface area contributed by atoms with E-state index in [1.165, 1.54) is 25.7 Å². The van der Waals surface area contributed by atoms with Crippen LogP contribution in [-0.2, 0) is 9.84 Å². The molecule has 0 aromatic carbocycles. The number of hydrogen-bond donors (Lipinski definition) is 1. The molecule has 3 rings (SSSR count). The third kappa shape index (κ3) is 2.69. The maximum Gasteiger partial charge on any atom is 0.157 e. The van der Waals surface area contributed by atoms with Crippen LogP contribution in [0.25, 0.3) is 0 Å². The Bertz CT molecular complexity index is 453. The van der Waals surface area contributed by atoms with Crippen molar-refractivity contribution in [3.63, 3.8) is 0 Å². The molecule has 0 radical (unpaired) electrons. The number of thioether (sulfide) groups is 1. The predicted molar refractivity (Wildman–Crippen MR) is 75.9 cm³/mol. The summed E-state index contributed by atoms with van der Waals surface area (Å²) in [5.41, 5.74) is 0.275. The number of rotatable bonds is 1. The van der Waals surface area contributed by atoms with Crippen molar-refractivity contribution in [1.29, 1.82) is 0 Å². The SMILES string of the molecule is O=S1(=O)CCCC(N=C2NC3(CCCC3)CS2)C1. The van der Waals surface area contributed by atoms with E-state index in [1.807, 2.05) is 0 Å². The zero-order chi connectivity index (χ0) is 12.6. The fourth-order valence-corrected chi connectivity index (χ4v) is 6.05. The minimum Gasteiger partial charge on any atom is -0.359 e. The molecular weight excluding hydrogens is 268 g/mol. The lowest BCUT2D eigenvalue weighted by Crippen LogP contribution is -2.41. The number of hydrogen-bond acceptors (Lipinski definition) is 4. The van der Waals surface area contributed by atoms with Gasteiger partial charge in [-0.3, -0.25) is 4.99 Å². The van der Waals surface area contributed by atoms with Crippen LogP contribution < -0.4 is 5.32 Å². The van der Waals surface area contributed by atoms with Gasteiger partial charge in [-0.05, 0) is 25.7 Å². The van der Waals surface area contributed by atoms with Crippen LogP contribution in [0.1, 0.15) is 38.5 Å². The van der Waals surface area contributed by atoms with E-state index < -0.39 is 9.84 Å². The summed E-state index contributed by atoms with van der Waals surface area (Å²) in [5, 5.41) is 4.54. The molecule has 18 heavy (non-hydrogen) atoms. The molecule has 2 heterocycles. The zero-order valence-electron chi connectivity index (χ0n) is 10.5. The molecule has 1 unspecified atom stereocenters. The Hall–Kier alpha value is -0.230. The van der Waals surface area contributed by atoms with E-state index in [2.05, 4.69) is 10.3 Å². The summed E-state index contributed by atoms with van der Waals surface area (Å²) in [6, 6.07) is -0.0182. The van der Waals surface area contributed by atoms with Crippen molar-refractivity contribution < 1.29 is 8.42 Å². The van der Waals surface area contributed by atoms with E-state index in [-0.39, 0.29) is 17.3 Å². The highest BCUT2D eigenvalue weighted by atomic mass is 32.2. The molecule has 3 aliphatic rings. The van der Waals surface area contributed by atoms with Crippen molar-refractivity contribution in [1.82, 2.24) is 5.32 Å². The van der Waals surface area contributed by atoms with Crippen LogP contribution in [0.4, 0.5) is 0 Å². The van der Waals surface area contributed by atoms with E-state index in [0.29, 0.717) is 5.75 Å². The molecule has 0 aromatic rings. The molecular formula is C12H20N2O2S2. The van der Waals surface area contributed by atoms with Crippen LogP contribution in [0.15, 0.2) is 4.99 Å². The van der Waals surface area contributed by atoms with Crippen molar-refractivity contribution >= 4 is 26.8 Å². The first-order valence-electron chi connectivity index (χ1n) is 6.76. The van der Waals surface area contributed by atoms with Gasteiger partial charge in [-0.15, -0.1) is 0 Å². The van der Waals surface area contributed by atoms with Crippen molar-refractivity contribution in [3.05, 3.63) is 0 Å². The van der Waals surface area contributed by atoms with Gasteiger partial charge in [0.15, 0.2) is 15.0 Å². The summed E-state index contributed by atoms with van der Waals surface area (Å²) < 4.78 is 23.2. The van der Waals surface area contributed by atoms with Gasteiger partial charge >= 0.3 is 0 Å². The minimum atomic E-state index is -2.85. The largest absolute Gasteiger partial charge is 0.359 e. The minimum absolute atomic E-state index is 0.0182. The second kappa shape index (κ2) is 4.71. The Morgan fingerprint density at radius 1 is 1.28 bits per heavy atom. The molecule has 1 N–H and O–H groups in total. The Kier molecular flexibility index (Phi) is 3.34. The van der Waals surface area contributed by atoms with Crippen molar-refractivity contribution in [2.75, 3.05) is 17.3 Å². The van der Waals surface area contributed by atoms with Crippen LogP contribution in [0, 0.1) is 0 Å². The lowest BCUT2D eigenvalue weighted by atomic mass is 10.0. The second-order valence-corrected chi connectivity index (χ2v) is 8.94. The van der Waals surface area contributed by atoms with Gasteiger partial charge < -0.3 is 5.32 Å². The molecule has 1 spiro atoms. The number of aliphatic imine (C=N–C) groups is 1. The van der Waals surface area contributed by atoms with Crippen molar-refractivity contribution in [3.8, 4) is 0 Å². The summed E-state index contributed by atoms with van der Waals surface area (Å²) in [6.45, 7) is 0. The molecule has 0 amide bonds. The molecule has 6 heteroatoms. The molecule has 2 saturated heterocycles. The van der Waals surface area contributed by atoms with Gasteiger partial charge in [-0.25, -0.2) is 8.42 Å². The molecule has 0 aromatic heterocycles. The molecule has 1 saturated carbocycles. The average molecular weight is 288 g/mol. The summed E-state index contributed by atoms with van der Waals surface area (Å²) in [5.74, 6) is 1.69. The van der Waals surface area contributed by atoms with E-state index in [0.717, 1.165) is 23.8 Å². The normalized spacial score (nSPS) is 36.0. The quantitative estimate of drug-likeness (QED) is 0.795. The van der Waals surface area contributed by atoms with Crippen LogP contribution in [-0.4, -0.2) is 42.4 Å². The lowest BCUT2D eigenvalue weighted by molar-refractivity contribution is 0.451. The molecule has 4 nitrogen and oxygen atoms in total. The molecule has 2 aliphatic heterocycles. The summed E-state index contributed by atoms with van der Waals surface area (Å²) in [4.78, 5) is 4.64. The summed E-state index contributed by atoms with van der Waals surface area (Å²) in [7, 11) is -2.85. The topological polar surface area (TPSA) is 58.5 Å². The lowest BCUT2D eigenvalue weighted by Gasteiger charge is -2.23. The van der Waals surface area contributed by atoms with Crippen LogP contribution >= 0.6 is 11.8 Å². The Morgan fingerprint density at radius 3 is 2.78 bits per heavy atom. The maximum atomic E-state index is 11.6. The predicted octanol–water partition coefficient (Wildman–Crippen LogP) is 1.57. The second-order valence-electron chi connectivity index (χ2n) is 5.75. The average Bonchev–Trinajstić information content (AvgIpc) is 2.89. The Balaban J connectivity index is 1.66. The highest BCUT2D eigenvalue weighted by Crippen LogP contribution is 2.37. The molecule has 0 bridgehead atoms. The molecule has 102 valence electrons.